The molecule has 520 valence electrons. The van der Waals surface area contributed by atoms with Crippen LogP contribution in [0, 0.1) is 17.8 Å². The van der Waals surface area contributed by atoms with Gasteiger partial charge in [-0.2, -0.15) is 0 Å². The highest BCUT2D eigenvalue weighted by Gasteiger charge is 2.51. The summed E-state index contributed by atoms with van der Waals surface area (Å²) in [7, 11) is 0. The number of allylic oxidation sites excluding steroid dienone is 12. The number of aromatic nitrogens is 2. The first-order chi connectivity index (χ1) is 45.0. The van der Waals surface area contributed by atoms with E-state index in [9.17, 15) is 80.5 Å². The van der Waals surface area contributed by atoms with E-state index in [2.05, 4.69) is 0 Å². The second-order valence-electron chi connectivity index (χ2n) is 25.3. The van der Waals surface area contributed by atoms with Crippen molar-refractivity contribution in [2.24, 2.45) is 23.5 Å². The lowest BCUT2D eigenvalue weighted by molar-refractivity contribution is -0.308. The van der Waals surface area contributed by atoms with Gasteiger partial charge in [0.2, 0.25) is 6.79 Å². The third-order valence-electron chi connectivity index (χ3n) is 18.2. The molecule has 0 unspecified atom stereocenters. The van der Waals surface area contributed by atoms with E-state index in [0.29, 0.717) is 51.6 Å². The number of nitrogen functional groups attached to an aromatic ring is 1. The summed E-state index contributed by atoms with van der Waals surface area (Å²) in [6.07, 6.45) is 3.64. The summed E-state index contributed by atoms with van der Waals surface area (Å²) in [5, 5.41) is 130. The fraction of sp³-hybridized carbons (Fsp3) is 0.544. The second kappa shape index (κ2) is 32.3. The van der Waals surface area contributed by atoms with Gasteiger partial charge in [-0.3, -0.25) is 14.4 Å². The predicted molar refractivity (Wildman–Crippen MR) is 342 cm³/mol. The fourth-order valence-corrected chi connectivity index (χ4v) is 12.5. The summed E-state index contributed by atoms with van der Waals surface area (Å²) < 4.78 is 40.7. The third kappa shape index (κ3) is 17.8. The SMILES string of the molecule is CC[C@@]1(O)C(=O)OCc2c1cc1n(c2=O)Cc2cc3c(N)c4c(cc3nc2-1)OCO4.C[C@H]1[C@H](O)[C@@H](C)\C=C/C=C/C=C/C=C/C=C/C=C/C=C/[C@H](O[C@@H]2O[C@H](C)[C@@H](O)[C@H](N)[C@@H]2O)C[C@@H]2O[C@](O)(C[C@@H](O)C[C@@H](O)CC[C@H](O)[C@@H](O)C[C@@H](O)CC(=O)O[C@H]1C)C[C@H](O)[C@H]2C(=O)O. The van der Waals surface area contributed by atoms with Crippen molar-refractivity contribution in [3.8, 4) is 22.9 Å². The van der Waals surface area contributed by atoms with Crippen LogP contribution in [0.4, 0.5) is 5.69 Å². The van der Waals surface area contributed by atoms with Gasteiger partial charge in [0.25, 0.3) is 5.56 Å². The number of hydrogen-bond acceptors (Lipinski definition) is 25. The van der Waals surface area contributed by atoms with Crippen LogP contribution in [0.3, 0.4) is 0 Å². The minimum Gasteiger partial charge on any atom is -0.481 e. The van der Waals surface area contributed by atoms with E-state index in [0.717, 1.165) is 5.56 Å². The molecule has 8 heterocycles. The Morgan fingerprint density at radius 3 is 2.03 bits per heavy atom. The van der Waals surface area contributed by atoms with Gasteiger partial charge < -0.3 is 110 Å². The Balaban J connectivity index is 0.000000314. The Bertz CT molecular complexity index is 3480. The highest BCUT2D eigenvalue weighted by molar-refractivity contribution is 5.98. The minimum atomic E-state index is -2.29. The first kappa shape index (κ1) is 73.8. The van der Waals surface area contributed by atoms with Crippen LogP contribution in [0.15, 0.2) is 108 Å². The fourth-order valence-electron chi connectivity index (χ4n) is 12.5. The largest absolute Gasteiger partial charge is 0.481 e. The molecule has 0 saturated carbocycles. The normalized spacial score (nSPS) is 37.7. The number of fused-ring (bicyclic) bond motifs is 8. The van der Waals surface area contributed by atoms with Crippen molar-refractivity contribution in [1.82, 2.24) is 9.55 Å². The summed E-state index contributed by atoms with van der Waals surface area (Å²) >= 11 is 0. The summed E-state index contributed by atoms with van der Waals surface area (Å²) in [6, 6.07) is 4.19. The van der Waals surface area contributed by atoms with Gasteiger partial charge in [0.05, 0.1) is 114 Å². The molecule has 27 heteroatoms. The van der Waals surface area contributed by atoms with Crippen LogP contribution in [0.5, 0.6) is 11.5 Å². The number of hydrogen-bond donors (Lipinski definition) is 14. The van der Waals surface area contributed by atoms with Gasteiger partial charge in [-0.25, -0.2) is 9.78 Å². The maximum atomic E-state index is 13.2. The quantitative estimate of drug-likeness (QED) is 0.103. The first-order valence-electron chi connectivity index (χ1n) is 31.9. The van der Waals surface area contributed by atoms with Crippen molar-refractivity contribution < 1.29 is 109 Å². The van der Waals surface area contributed by atoms with Crippen LogP contribution in [-0.2, 0) is 56.8 Å². The van der Waals surface area contributed by atoms with E-state index < -0.39 is 158 Å². The lowest BCUT2D eigenvalue weighted by Crippen LogP contribution is -2.61. The van der Waals surface area contributed by atoms with E-state index in [1.54, 1.807) is 110 Å². The monoisotopic (exact) mass is 1330 g/mol. The molecule has 9 rings (SSSR count). The number of ether oxygens (including phenoxy) is 7. The average molecular weight is 1330 g/mol. The highest BCUT2D eigenvalue weighted by Crippen LogP contribution is 2.46. The molecule has 0 aliphatic carbocycles. The molecule has 0 radical (unpaired) electrons. The lowest BCUT2D eigenvalue weighted by Gasteiger charge is -2.45. The molecular formula is C68H90N4O23. The zero-order chi connectivity index (χ0) is 69.2. The number of carbonyl (C=O) groups excluding carboxylic acids is 2. The van der Waals surface area contributed by atoms with Crippen LogP contribution in [-0.4, -0.2) is 193 Å². The van der Waals surface area contributed by atoms with Gasteiger partial charge in [0.15, 0.2) is 29.2 Å². The molecule has 3 aromatic rings. The number of benzene rings is 1. The van der Waals surface area contributed by atoms with Crippen LogP contribution < -0.4 is 26.5 Å². The van der Waals surface area contributed by atoms with Crippen molar-refractivity contribution in [3.05, 3.63) is 130 Å². The standard InChI is InChI=1S/C47H73NO17.C21H17N3O6/c1-27-17-15-13-11-9-7-5-6-8-10-12-14-16-18-34(64-46-44(58)41(48)43(57)30(4)63-46)24-38-40(45(59)60)37(54)26-47(61,65-38)25-33(51)21-31(49)19-20-35(52)36(53)22-32(50)23-39(55)62-29(3)28(2)42(27)56;1-2-21(27)12-4-14-17-9(6-24(14)19(25)11(12)7-28-20(21)26)3-10-13(23-17)5-15-18(16(10)22)30-8-29-15/h5-18,27-38,40-44,46,49-54,56-58,61H,19-26,48H2,1-4H3,(H,59,60);3-5,27H,2,6-8,22H2,1H3/b6-5+,9-7+,10-8+,13-11+,14-12+,17-15-,18-16+;/t27-,28+,29-,30+,31-,32+,33-,34-,35-,36-,37-,38-,40+,41-,42+,43+,44-,46-,47+;21-/m00/s1. The Kier molecular flexibility index (Phi) is 25.1. The highest BCUT2D eigenvalue weighted by atomic mass is 16.7. The molecule has 0 spiro atoms. The summed E-state index contributed by atoms with van der Waals surface area (Å²) in [4.78, 5) is 55.3. The minimum absolute atomic E-state index is 0.0970. The number of carboxylic acids is 1. The molecule has 95 heavy (non-hydrogen) atoms. The van der Waals surface area contributed by atoms with Gasteiger partial charge in [-0.1, -0.05) is 106 Å². The molecule has 16 N–H and O–H groups in total. The Morgan fingerprint density at radius 1 is 0.726 bits per heavy atom. The van der Waals surface area contributed by atoms with Gasteiger partial charge in [-0.05, 0) is 51.7 Å². The van der Waals surface area contributed by atoms with Crippen molar-refractivity contribution in [2.75, 3.05) is 12.5 Å². The number of aliphatic hydroxyl groups is 11. The molecule has 2 saturated heterocycles. The maximum Gasteiger partial charge on any atom is 0.343 e. The number of aliphatic hydroxyl groups excluding tert-OH is 9. The zero-order valence-electron chi connectivity index (χ0n) is 53.6. The molecule has 2 fully saturated rings. The van der Waals surface area contributed by atoms with E-state index in [-0.39, 0.29) is 62.5 Å². The molecule has 2 bridgehead atoms. The average Bonchev–Trinajstić information content (AvgIpc) is 1.63. The van der Waals surface area contributed by atoms with Crippen LogP contribution in [0.25, 0.3) is 22.3 Å². The number of carboxylic acid groups (broad SMARTS) is 1. The third-order valence-corrected chi connectivity index (χ3v) is 18.2. The number of anilines is 1. The number of aliphatic carboxylic acids is 1. The number of carbonyl (C=O) groups is 3. The van der Waals surface area contributed by atoms with E-state index in [1.807, 2.05) is 19.1 Å². The molecule has 1 aromatic carbocycles. The zero-order valence-corrected chi connectivity index (χ0v) is 53.6. The first-order valence-corrected chi connectivity index (χ1v) is 31.9. The van der Waals surface area contributed by atoms with Crippen molar-refractivity contribution in [3.63, 3.8) is 0 Å². The summed E-state index contributed by atoms with van der Waals surface area (Å²) in [6.45, 7) is 8.65. The predicted octanol–water partition coefficient (Wildman–Crippen LogP) is 2.10. The van der Waals surface area contributed by atoms with E-state index in [1.165, 1.54) is 13.0 Å². The van der Waals surface area contributed by atoms with Gasteiger partial charge >= 0.3 is 17.9 Å². The molecule has 6 aliphatic heterocycles. The Labute approximate surface area is 548 Å². The number of rotatable bonds is 4. The number of esters is 2. The van der Waals surface area contributed by atoms with Crippen LogP contribution >= 0.6 is 0 Å². The van der Waals surface area contributed by atoms with E-state index >= 15 is 0 Å². The van der Waals surface area contributed by atoms with Crippen molar-refractivity contribution in [1.29, 1.82) is 0 Å². The molecule has 6 aliphatic rings. The van der Waals surface area contributed by atoms with Crippen LogP contribution in [0.2, 0.25) is 0 Å². The van der Waals surface area contributed by atoms with Gasteiger partial charge in [-0.15, -0.1) is 0 Å². The molecule has 27 nitrogen and oxygen atoms in total. The molecule has 2 aromatic heterocycles. The number of cyclic esters (lactones) is 2. The lowest BCUT2D eigenvalue weighted by atomic mass is 9.82. The number of nitrogens with zero attached hydrogens (tertiary/aromatic N) is 2. The van der Waals surface area contributed by atoms with Crippen molar-refractivity contribution >= 4 is 34.5 Å². The van der Waals surface area contributed by atoms with Crippen molar-refractivity contribution in [2.45, 2.75) is 209 Å². The Morgan fingerprint density at radius 2 is 1.38 bits per heavy atom. The van der Waals surface area contributed by atoms with Gasteiger partial charge in [0, 0.05) is 60.1 Å². The molecule has 20 atom stereocenters. The maximum absolute atomic E-state index is 13.2. The van der Waals surface area contributed by atoms with E-state index in [4.69, 9.17) is 49.6 Å². The Hall–Kier alpha value is -7.03. The summed E-state index contributed by atoms with van der Waals surface area (Å²) in [5.41, 5.74) is 13.7. The molecular weight excluding hydrogens is 1240 g/mol. The number of nitrogens with two attached hydrogens (primary N) is 2. The summed E-state index contributed by atoms with van der Waals surface area (Å²) in [5.74, 6) is -6.55. The second-order valence-corrected chi connectivity index (χ2v) is 25.3. The topological polar surface area (TPSA) is 446 Å². The number of pyridine rings is 2. The smallest absolute Gasteiger partial charge is 0.343 e. The van der Waals surface area contributed by atoms with Gasteiger partial charge in [0.1, 0.15) is 24.7 Å². The molecule has 0 amide bonds. The van der Waals surface area contributed by atoms with Crippen LogP contribution in [0.1, 0.15) is 109 Å².